The average molecular weight is 476 g/mol. The number of guanidine groups is 1. The van der Waals surface area contributed by atoms with E-state index in [4.69, 9.17) is 9.47 Å². The Morgan fingerprint density at radius 3 is 2.77 bits per heavy atom. The van der Waals surface area contributed by atoms with Gasteiger partial charge in [-0.2, -0.15) is 0 Å². The molecule has 1 saturated heterocycles. The molecule has 1 fully saturated rings. The summed E-state index contributed by atoms with van der Waals surface area (Å²) in [6.07, 6.45) is 0. The molecule has 7 heteroatoms. The van der Waals surface area contributed by atoms with Crippen molar-refractivity contribution in [2.75, 3.05) is 46.0 Å². The van der Waals surface area contributed by atoms with E-state index >= 15 is 0 Å². The van der Waals surface area contributed by atoms with Gasteiger partial charge in [0.25, 0.3) is 0 Å². The summed E-state index contributed by atoms with van der Waals surface area (Å²) < 4.78 is 11.3. The van der Waals surface area contributed by atoms with Crippen LogP contribution in [0.1, 0.15) is 26.3 Å². The van der Waals surface area contributed by atoms with Crippen LogP contribution in [0.2, 0.25) is 0 Å². The van der Waals surface area contributed by atoms with E-state index < -0.39 is 0 Å². The zero-order valence-electron chi connectivity index (χ0n) is 16.2. The van der Waals surface area contributed by atoms with E-state index in [1.165, 1.54) is 0 Å². The number of rotatable bonds is 8. The van der Waals surface area contributed by atoms with E-state index in [0.29, 0.717) is 19.2 Å². The first kappa shape index (κ1) is 23.0. The van der Waals surface area contributed by atoms with Gasteiger partial charge >= 0.3 is 0 Å². The molecule has 0 saturated carbocycles. The molecule has 0 amide bonds. The highest BCUT2D eigenvalue weighted by Gasteiger charge is 2.09. The van der Waals surface area contributed by atoms with Crippen molar-refractivity contribution < 1.29 is 9.47 Å². The molecule has 1 heterocycles. The van der Waals surface area contributed by atoms with Crippen LogP contribution in [0, 0.1) is 0 Å². The van der Waals surface area contributed by atoms with Crippen LogP contribution < -0.4 is 15.4 Å². The van der Waals surface area contributed by atoms with Crippen molar-refractivity contribution in [1.82, 2.24) is 15.5 Å². The molecule has 0 bridgehead atoms. The SMILES string of the molecule is CCNC(=NCc1cccc(OCCN2CCOCC2)c1)NC(C)C.I. The summed E-state index contributed by atoms with van der Waals surface area (Å²) in [6.45, 7) is 13.0. The number of halogens is 1. The maximum atomic E-state index is 5.91. The molecular formula is C19H33IN4O2. The van der Waals surface area contributed by atoms with Gasteiger partial charge < -0.3 is 20.1 Å². The Balaban J connectivity index is 0.00000338. The van der Waals surface area contributed by atoms with Gasteiger partial charge in [-0.25, -0.2) is 4.99 Å². The summed E-state index contributed by atoms with van der Waals surface area (Å²) in [5.41, 5.74) is 1.14. The van der Waals surface area contributed by atoms with Gasteiger partial charge in [-0.3, -0.25) is 4.90 Å². The second kappa shape index (κ2) is 13.2. The summed E-state index contributed by atoms with van der Waals surface area (Å²) in [5, 5.41) is 6.59. The lowest BCUT2D eigenvalue weighted by Gasteiger charge is -2.26. The first-order valence-corrected chi connectivity index (χ1v) is 9.24. The van der Waals surface area contributed by atoms with Crippen LogP contribution in [0.25, 0.3) is 0 Å². The van der Waals surface area contributed by atoms with Crippen LogP contribution in [0.15, 0.2) is 29.3 Å². The molecular weight excluding hydrogens is 443 g/mol. The van der Waals surface area contributed by atoms with Gasteiger partial charge in [-0.15, -0.1) is 24.0 Å². The van der Waals surface area contributed by atoms with E-state index in [9.17, 15) is 0 Å². The highest BCUT2D eigenvalue weighted by molar-refractivity contribution is 14.0. The lowest BCUT2D eigenvalue weighted by molar-refractivity contribution is 0.0322. The molecule has 1 aliphatic heterocycles. The fourth-order valence-corrected chi connectivity index (χ4v) is 2.61. The van der Waals surface area contributed by atoms with Gasteiger partial charge in [-0.1, -0.05) is 12.1 Å². The van der Waals surface area contributed by atoms with Crippen molar-refractivity contribution in [2.45, 2.75) is 33.4 Å². The number of benzene rings is 1. The fourth-order valence-electron chi connectivity index (χ4n) is 2.61. The number of aliphatic imine (C=N–C) groups is 1. The summed E-state index contributed by atoms with van der Waals surface area (Å²) in [5.74, 6) is 1.75. The predicted molar refractivity (Wildman–Crippen MR) is 118 cm³/mol. The molecule has 0 aromatic heterocycles. The maximum Gasteiger partial charge on any atom is 0.191 e. The fraction of sp³-hybridized carbons (Fsp3) is 0.632. The van der Waals surface area contributed by atoms with Crippen LogP contribution >= 0.6 is 24.0 Å². The molecule has 0 atom stereocenters. The van der Waals surface area contributed by atoms with Crippen LogP contribution in [0.5, 0.6) is 5.75 Å². The van der Waals surface area contributed by atoms with Gasteiger partial charge in [0.2, 0.25) is 0 Å². The number of ether oxygens (including phenoxy) is 2. The molecule has 0 aliphatic carbocycles. The molecule has 148 valence electrons. The Bertz CT molecular complexity index is 534. The Hall–Kier alpha value is -1.06. The van der Waals surface area contributed by atoms with Crippen LogP contribution in [-0.2, 0) is 11.3 Å². The summed E-state index contributed by atoms with van der Waals surface area (Å²) >= 11 is 0. The zero-order chi connectivity index (χ0) is 17.9. The number of morpholine rings is 1. The minimum absolute atomic E-state index is 0. The zero-order valence-corrected chi connectivity index (χ0v) is 18.5. The van der Waals surface area contributed by atoms with Gasteiger partial charge in [0.05, 0.1) is 19.8 Å². The van der Waals surface area contributed by atoms with Gasteiger partial charge in [-0.05, 0) is 38.5 Å². The highest BCUT2D eigenvalue weighted by atomic mass is 127. The largest absolute Gasteiger partial charge is 0.492 e. The van der Waals surface area contributed by atoms with Gasteiger partial charge in [0, 0.05) is 32.2 Å². The van der Waals surface area contributed by atoms with E-state index in [1.54, 1.807) is 0 Å². The molecule has 0 radical (unpaired) electrons. The molecule has 1 aromatic rings. The number of hydrogen-bond acceptors (Lipinski definition) is 4. The van der Waals surface area contributed by atoms with E-state index in [2.05, 4.69) is 53.4 Å². The third kappa shape index (κ3) is 9.05. The maximum absolute atomic E-state index is 5.91. The predicted octanol–water partition coefficient (Wildman–Crippen LogP) is 2.48. The normalized spacial score (nSPS) is 15.5. The number of nitrogens with one attached hydrogen (secondary N) is 2. The summed E-state index contributed by atoms with van der Waals surface area (Å²) in [6, 6.07) is 8.54. The highest BCUT2D eigenvalue weighted by Crippen LogP contribution is 2.14. The van der Waals surface area contributed by atoms with E-state index in [1.807, 2.05) is 12.1 Å². The first-order valence-electron chi connectivity index (χ1n) is 9.24. The number of nitrogens with zero attached hydrogens (tertiary/aromatic N) is 2. The summed E-state index contributed by atoms with van der Waals surface area (Å²) in [4.78, 5) is 7.01. The standard InChI is InChI=1S/C19H32N4O2.HI/c1-4-20-19(22-16(2)3)21-15-17-6-5-7-18(14-17)25-13-10-23-8-11-24-12-9-23;/h5-7,14,16H,4,8-13,15H2,1-3H3,(H2,20,21,22);1H. The second-order valence-corrected chi connectivity index (χ2v) is 6.44. The molecule has 1 aromatic carbocycles. The minimum atomic E-state index is 0. The van der Waals surface area contributed by atoms with E-state index in [0.717, 1.165) is 56.7 Å². The lowest BCUT2D eigenvalue weighted by atomic mass is 10.2. The molecule has 1 aliphatic rings. The first-order chi connectivity index (χ1) is 12.2. The van der Waals surface area contributed by atoms with Crippen LogP contribution in [-0.4, -0.2) is 62.9 Å². The third-order valence-corrected chi connectivity index (χ3v) is 3.87. The second-order valence-electron chi connectivity index (χ2n) is 6.44. The third-order valence-electron chi connectivity index (χ3n) is 3.87. The van der Waals surface area contributed by atoms with Crippen molar-refractivity contribution in [1.29, 1.82) is 0 Å². The average Bonchev–Trinajstić information content (AvgIpc) is 2.61. The monoisotopic (exact) mass is 476 g/mol. The Kier molecular flexibility index (Phi) is 11.6. The Morgan fingerprint density at radius 2 is 2.08 bits per heavy atom. The van der Waals surface area contributed by atoms with E-state index in [-0.39, 0.29) is 24.0 Å². The molecule has 2 rings (SSSR count). The molecule has 2 N–H and O–H groups in total. The van der Waals surface area contributed by atoms with Crippen LogP contribution in [0.3, 0.4) is 0 Å². The Morgan fingerprint density at radius 1 is 1.31 bits per heavy atom. The topological polar surface area (TPSA) is 58.1 Å². The van der Waals surface area contributed by atoms with Crippen LogP contribution in [0.4, 0.5) is 0 Å². The van der Waals surface area contributed by atoms with Gasteiger partial charge in [0.15, 0.2) is 5.96 Å². The molecule has 0 unspecified atom stereocenters. The molecule has 6 nitrogen and oxygen atoms in total. The van der Waals surface area contributed by atoms with Crippen molar-refractivity contribution in [2.24, 2.45) is 4.99 Å². The minimum Gasteiger partial charge on any atom is -0.492 e. The molecule has 26 heavy (non-hydrogen) atoms. The smallest absolute Gasteiger partial charge is 0.191 e. The van der Waals surface area contributed by atoms with Crippen molar-refractivity contribution in [3.05, 3.63) is 29.8 Å². The lowest BCUT2D eigenvalue weighted by Crippen LogP contribution is -2.41. The number of hydrogen-bond donors (Lipinski definition) is 2. The van der Waals surface area contributed by atoms with Crippen molar-refractivity contribution in [3.8, 4) is 5.75 Å². The van der Waals surface area contributed by atoms with Crippen molar-refractivity contribution >= 4 is 29.9 Å². The Labute approximate surface area is 174 Å². The summed E-state index contributed by atoms with van der Waals surface area (Å²) in [7, 11) is 0. The van der Waals surface area contributed by atoms with Crippen molar-refractivity contribution in [3.63, 3.8) is 0 Å². The van der Waals surface area contributed by atoms with Gasteiger partial charge in [0.1, 0.15) is 12.4 Å². The molecule has 0 spiro atoms. The quantitative estimate of drug-likeness (QED) is 0.343.